The van der Waals surface area contributed by atoms with Gasteiger partial charge in [-0.05, 0) is 32.0 Å². The molecule has 6 heteroatoms. The molecule has 1 heterocycles. The van der Waals surface area contributed by atoms with E-state index in [0.717, 1.165) is 10.2 Å². The lowest BCUT2D eigenvalue weighted by Gasteiger charge is -2.36. The molecule has 5 nitrogen and oxygen atoms in total. The molecule has 1 aliphatic rings. The third-order valence-electron chi connectivity index (χ3n) is 3.48. The van der Waals surface area contributed by atoms with Crippen molar-refractivity contribution in [2.75, 3.05) is 37.7 Å². The first-order valence-electron chi connectivity index (χ1n) is 7.00. The van der Waals surface area contributed by atoms with E-state index < -0.39 is 0 Å². The predicted molar refractivity (Wildman–Crippen MR) is 85.0 cm³/mol. The summed E-state index contributed by atoms with van der Waals surface area (Å²) in [6, 6.07) is 5.72. The van der Waals surface area contributed by atoms with Crippen molar-refractivity contribution in [2.45, 2.75) is 13.8 Å². The maximum absolute atomic E-state index is 11.8. The van der Waals surface area contributed by atoms with Gasteiger partial charge >= 0.3 is 6.09 Å². The van der Waals surface area contributed by atoms with Crippen LogP contribution in [0.4, 0.5) is 10.5 Å². The molecule has 1 aromatic carbocycles. The van der Waals surface area contributed by atoms with Crippen LogP contribution in [0.25, 0.3) is 0 Å². The van der Waals surface area contributed by atoms with Crippen LogP contribution in [-0.2, 0) is 4.74 Å². The van der Waals surface area contributed by atoms with Gasteiger partial charge in [0, 0.05) is 41.9 Å². The third kappa shape index (κ3) is 3.75. The molecule has 0 radical (unpaired) electrons. The summed E-state index contributed by atoms with van der Waals surface area (Å²) in [5.41, 5.74) is 1.63. The molecular weight excluding hydrogens is 336 g/mol. The van der Waals surface area contributed by atoms with E-state index in [0.29, 0.717) is 38.3 Å². The molecule has 0 N–H and O–H groups in total. The lowest BCUT2D eigenvalue weighted by molar-refractivity contribution is 0.101. The van der Waals surface area contributed by atoms with E-state index in [2.05, 4.69) is 20.8 Å². The number of Topliss-reactive ketones (excluding diaryl/α,β-unsaturated/α-hetero) is 1. The molecule has 0 unspecified atom stereocenters. The van der Waals surface area contributed by atoms with Crippen LogP contribution in [0.1, 0.15) is 24.2 Å². The molecule has 1 fully saturated rings. The van der Waals surface area contributed by atoms with E-state index in [4.69, 9.17) is 4.74 Å². The number of carbonyl (C=O) groups excluding carboxylic acids is 2. The molecule has 0 spiro atoms. The number of piperazine rings is 1. The second-order valence-electron chi connectivity index (χ2n) is 4.89. The molecule has 1 saturated heterocycles. The lowest BCUT2D eigenvalue weighted by Crippen LogP contribution is -2.49. The van der Waals surface area contributed by atoms with E-state index in [-0.39, 0.29) is 11.9 Å². The highest BCUT2D eigenvalue weighted by molar-refractivity contribution is 9.10. The van der Waals surface area contributed by atoms with Gasteiger partial charge in [0.05, 0.1) is 6.61 Å². The quantitative estimate of drug-likeness (QED) is 0.783. The summed E-state index contributed by atoms with van der Waals surface area (Å²) in [5, 5.41) is 0. The van der Waals surface area contributed by atoms with Crippen molar-refractivity contribution in [2.24, 2.45) is 0 Å². The van der Waals surface area contributed by atoms with Gasteiger partial charge < -0.3 is 14.5 Å². The molecular formula is C15H19BrN2O3. The first-order valence-corrected chi connectivity index (χ1v) is 7.79. The molecule has 1 aliphatic heterocycles. The number of ketones is 1. The Morgan fingerprint density at radius 1 is 1.24 bits per heavy atom. The molecule has 1 amide bonds. The minimum atomic E-state index is -0.264. The molecule has 0 bridgehead atoms. The van der Waals surface area contributed by atoms with Crippen LogP contribution in [0.3, 0.4) is 0 Å². The summed E-state index contributed by atoms with van der Waals surface area (Å²) < 4.78 is 5.90. The van der Waals surface area contributed by atoms with Gasteiger partial charge in [-0.2, -0.15) is 0 Å². The summed E-state index contributed by atoms with van der Waals surface area (Å²) in [6.07, 6.45) is -0.264. The number of hydrogen-bond acceptors (Lipinski definition) is 4. The monoisotopic (exact) mass is 354 g/mol. The van der Waals surface area contributed by atoms with Crippen molar-refractivity contribution in [3.63, 3.8) is 0 Å². The third-order valence-corrected chi connectivity index (χ3v) is 3.98. The Morgan fingerprint density at radius 3 is 2.48 bits per heavy atom. The van der Waals surface area contributed by atoms with E-state index in [1.54, 1.807) is 18.7 Å². The molecule has 0 atom stereocenters. The molecule has 0 aromatic heterocycles. The number of hydrogen-bond donors (Lipinski definition) is 0. The Labute approximate surface area is 133 Å². The first-order chi connectivity index (χ1) is 10.0. The highest BCUT2D eigenvalue weighted by Crippen LogP contribution is 2.26. The Kier molecular flexibility index (Phi) is 5.22. The van der Waals surface area contributed by atoms with E-state index in [1.807, 2.05) is 18.2 Å². The average molecular weight is 355 g/mol. The van der Waals surface area contributed by atoms with Crippen molar-refractivity contribution in [1.29, 1.82) is 0 Å². The van der Waals surface area contributed by atoms with Gasteiger partial charge in [-0.3, -0.25) is 4.79 Å². The second kappa shape index (κ2) is 6.93. The van der Waals surface area contributed by atoms with Crippen LogP contribution in [0, 0.1) is 0 Å². The van der Waals surface area contributed by atoms with E-state index in [9.17, 15) is 9.59 Å². The van der Waals surface area contributed by atoms with Crippen LogP contribution in [-0.4, -0.2) is 49.6 Å². The SMILES string of the molecule is CCOC(=O)N1CCN(c2ccc(Br)cc2C(C)=O)CC1. The maximum atomic E-state index is 11.8. The molecule has 21 heavy (non-hydrogen) atoms. The molecule has 0 aliphatic carbocycles. The van der Waals surface area contributed by atoms with Crippen molar-refractivity contribution in [1.82, 2.24) is 4.90 Å². The number of rotatable bonds is 3. The standard InChI is InChI=1S/C15H19BrN2O3/c1-3-21-15(20)18-8-6-17(7-9-18)14-5-4-12(16)10-13(14)11(2)19/h4-5,10H,3,6-9H2,1-2H3. The van der Waals surface area contributed by atoms with Gasteiger partial charge in [-0.15, -0.1) is 0 Å². The number of nitrogens with zero attached hydrogens (tertiary/aromatic N) is 2. The number of benzene rings is 1. The predicted octanol–water partition coefficient (Wildman–Crippen LogP) is 2.93. The molecule has 1 aromatic rings. The lowest BCUT2D eigenvalue weighted by atomic mass is 10.1. The number of anilines is 1. The highest BCUT2D eigenvalue weighted by Gasteiger charge is 2.24. The number of carbonyl (C=O) groups is 2. The van der Waals surface area contributed by atoms with E-state index in [1.165, 1.54) is 0 Å². The largest absolute Gasteiger partial charge is 0.450 e. The number of amides is 1. The van der Waals surface area contributed by atoms with Crippen LogP contribution in [0.2, 0.25) is 0 Å². The smallest absolute Gasteiger partial charge is 0.409 e. The topological polar surface area (TPSA) is 49.9 Å². The minimum Gasteiger partial charge on any atom is -0.450 e. The number of halogens is 1. The highest BCUT2D eigenvalue weighted by atomic mass is 79.9. The van der Waals surface area contributed by atoms with Crippen molar-refractivity contribution in [3.05, 3.63) is 28.2 Å². The summed E-state index contributed by atoms with van der Waals surface area (Å²) in [5.74, 6) is 0.0409. The van der Waals surface area contributed by atoms with Crippen LogP contribution in [0.5, 0.6) is 0 Å². The van der Waals surface area contributed by atoms with Crippen LogP contribution < -0.4 is 4.90 Å². The zero-order chi connectivity index (χ0) is 15.4. The molecule has 0 saturated carbocycles. The van der Waals surface area contributed by atoms with Crippen LogP contribution in [0.15, 0.2) is 22.7 Å². The van der Waals surface area contributed by atoms with E-state index >= 15 is 0 Å². The van der Waals surface area contributed by atoms with Gasteiger partial charge in [0.2, 0.25) is 0 Å². The fourth-order valence-corrected chi connectivity index (χ4v) is 2.77. The second-order valence-corrected chi connectivity index (χ2v) is 5.81. The minimum absolute atomic E-state index is 0.0409. The van der Waals surface area contributed by atoms with Crippen molar-refractivity contribution < 1.29 is 14.3 Å². The first kappa shape index (κ1) is 15.8. The van der Waals surface area contributed by atoms with Gasteiger partial charge in [-0.25, -0.2) is 4.79 Å². The fraction of sp³-hybridized carbons (Fsp3) is 0.467. The Morgan fingerprint density at radius 2 is 1.90 bits per heavy atom. The van der Waals surface area contributed by atoms with Crippen molar-refractivity contribution >= 4 is 33.5 Å². The average Bonchev–Trinajstić information content (AvgIpc) is 2.47. The molecule has 114 valence electrons. The zero-order valence-electron chi connectivity index (χ0n) is 12.3. The number of ether oxygens (including phenoxy) is 1. The molecule has 2 rings (SSSR count). The Balaban J connectivity index is 2.09. The normalized spacial score (nSPS) is 15.0. The Bertz CT molecular complexity index is 540. The summed E-state index contributed by atoms with van der Waals surface area (Å²) >= 11 is 3.39. The zero-order valence-corrected chi connectivity index (χ0v) is 13.9. The maximum Gasteiger partial charge on any atom is 0.409 e. The van der Waals surface area contributed by atoms with Gasteiger partial charge in [0.1, 0.15) is 0 Å². The van der Waals surface area contributed by atoms with Gasteiger partial charge in [0.15, 0.2) is 5.78 Å². The van der Waals surface area contributed by atoms with Gasteiger partial charge in [-0.1, -0.05) is 15.9 Å². The Hall–Kier alpha value is -1.56. The summed E-state index contributed by atoms with van der Waals surface area (Å²) in [6.45, 7) is 6.36. The fourth-order valence-electron chi connectivity index (χ4n) is 2.41. The van der Waals surface area contributed by atoms with Crippen molar-refractivity contribution in [3.8, 4) is 0 Å². The van der Waals surface area contributed by atoms with Crippen LogP contribution >= 0.6 is 15.9 Å². The summed E-state index contributed by atoms with van der Waals surface area (Å²) in [4.78, 5) is 27.3. The summed E-state index contributed by atoms with van der Waals surface area (Å²) in [7, 11) is 0. The van der Waals surface area contributed by atoms with Gasteiger partial charge in [0.25, 0.3) is 0 Å².